The van der Waals surface area contributed by atoms with Gasteiger partial charge < -0.3 is 15.4 Å². The van der Waals surface area contributed by atoms with Gasteiger partial charge in [-0.05, 0) is 37.3 Å². The molecule has 0 aliphatic rings. The summed E-state index contributed by atoms with van der Waals surface area (Å²) in [7, 11) is 0. The highest BCUT2D eigenvalue weighted by molar-refractivity contribution is 6.06. The van der Waals surface area contributed by atoms with E-state index < -0.39 is 0 Å². The molecule has 0 spiro atoms. The predicted octanol–water partition coefficient (Wildman–Crippen LogP) is 3.06. The number of anilines is 1. The number of rotatable bonds is 7. The lowest BCUT2D eigenvalue weighted by atomic mass is 10.1. The Labute approximate surface area is 162 Å². The lowest BCUT2D eigenvalue weighted by Gasteiger charge is -2.11. The number of ether oxygens (including phenoxy) is 1. The number of amides is 2. The Morgan fingerprint density at radius 1 is 1.00 bits per heavy atom. The van der Waals surface area contributed by atoms with Crippen LogP contribution in [0, 0.1) is 0 Å². The van der Waals surface area contributed by atoms with Gasteiger partial charge in [-0.3, -0.25) is 19.6 Å². The number of carbonyl (C=O) groups excluding carboxylic acids is 2. The third-order valence-corrected chi connectivity index (χ3v) is 3.85. The molecule has 1 aromatic carbocycles. The Bertz CT molecular complexity index is 961. The lowest BCUT2D eigenvalue weighted by Crippen LogP contribution is -2.24. The summed E-state index contributed by atoms with van der Waals surface area (Å²) in [4.78, 5) is 33.1. The second-order valence-electron chi connectivity index (χ2n) is 5.85. The van der Waals surface area contributed by atoms with Gasteiger partial charge in [-0.25, -0.2) is 0 Å². The minimum atomic E-state index is -0.376. The molecule has 0 saturated heterocycles. The highest BCUT2D eigenvalue weighted by Gasteiger charge is 2.13. The van der Waals surface area contributed by atoms with Crippen LogP contribution in [0.4, 0.5) is 5.69 Å². The van der Waals surface area contributed by atoms with E-state index in [-0.39, 0.29) is 23.9 Å². The molecular weight excluding hydrogens is 356 g/mol. The van der Waals surface area contributed by atoms with Crippen molar-refractivity contribution < 1.29 is 14.3 Å². The molecule has 3 aromatic rings. The summed E-state index contributed by atoms with van der Waals surface area (Å²) in [5.74, 6) is -0.128. The number of hydrogen-bond donors (Lipinski definition) is 2. The van der Waals surface area contributed by atoms with Crippen LogP contribution in [0.2, 0.25) is 0 Å². The summed E-state index contributed by atoms with van der Waals surface area (Å²) in [5, 5.41) is 5.55. The molecule has 0 aliphatic heterocycles. The maximum Gasteiger partial charge on any atom is 0.257 e. The average molecular weight is 376 g/mol. The summed E-state index contributed by atoms with van der Waals surface area (Å²) < 4.78 is 5.51. The number of pyridine rings is 2. The van der Waals surface area contributed by atoms with Crippen LogP contribution in [0.5, 0.6) is 5.75 Å². The van der Waals surface area contributed by atoms with E-state index in [1.54, 1.807) is 30.5 Å². The van der Waals surface area contributed by atoms with Crippen molar-refractivity contribution in [1.82, 2.24) is 15.3 Å². The third-order valence-electron chi connectivity index (χ3n) is 3.85. The van der Waals surface area contributed by atoms with Crippen LogP contribution in [-0.4, -0.2) is 28.4 Å². The zero-order valence-corrected chi connectivity index (χ0v) is 15.4. The van der Waals surface area contributed by atoms with Gasteiger partial charge in [0.15, 0.2) is 0 Å². The number of nitrogens with zero attached hydrogens (tertiary/aromatic N) is 2. The number of carbonyl (C=O) groups is 2. The van der Waals surface area contributed by atoms with E-state index in [4.69, 9.17) is 4.74 Å². The van der Waals surface area contributed by atoms with E-state index in [1.165, 1.54) is 18.5 Å². The summed E-state index contributed by atoms with van der Waals surface area (Å²) in [6.07, 6.45) is 4.49. The van der Waals surface area contributed by atoms with Gasteiger partial charge in [-0.1, -0.05) is 18.2 Å². The largest absolute Gasteiger partial charge is 0.492 e. The first-order chi connectivity index (χ1) is 13.7. The maximum atomic E-state index is 12.6. The van der Waals surface area contributed by atoms with Gasteiger partial charge in [0.2, 0.25) is 0 Å². The molecule has 2 amide bonds. The van der Waals surface area contributed by atoms with Crippen molar-refractivity contribution in [2.24, 2.45) is 0 Å². The molecule has 0 unspecified atom stereocenters. The number of hydrogen-bond acceptors (Lipinski definition) is 5. The minimum Gasteiger partial charge on any atom is -0.492 e. The molecule has 7 nitrogen and oxygen atoms in total. The topological polar surface area (TPSA) is 93.2 Å². The fourth-order valence-corrected chi connectivity index (χ4v) is 2.51. The van der Waals surface area contributed by atoms with Gasteiger partial charge in [0.25, 0.3) is 11.8 Å². The first-order valence-corrected chi connectivity index (χ1v) is 8.83. The monoisotopic (exact) mass is 376 g/mol. The fraction of sp³-hybridized carbons (Fsp3) is 0.143. The molecule has 0 bridgehead atoms. The van der Waals surface area contributed by atoms with Crippen molar-refractivity contribution in [1.29, 1.82) is 0 Å². The molecule has 0 atom stereocenters. The number of nitrogens with one attached hydrogen (secondary N) is 2. The zero-order valence-electron chi connectivity index (χ0n) is 15.4. The average Bonchev–Trinajstić information content (AvgIpc) is 2.74. The highest BCUT2D eigenvalue weighted by atomic mass is 16.5. The second kappa shape index (κ2) is 9.27. The van der Waals surface area contributed by atoms with Gasteiger partial charge in [0, 0.05) is 18.6 Å². The van der Waals surface area contributed by atoms with Crippen molar-refractivity contribution in [3.8, 4) is 5.75 Å². The third kappa shape index (κ3) is 4.91. The standard InChI is InChI=1S/C21H20N4O3/c1-2-28-19-9-4-3-8-18(19)25-21(27)16-11-15(12-22-13-16)20(26)24-14-17-7-5-6-10-23-17/h3-13H,2,14H2,1H3,(H,24,26)(H,25,27). The Morgan fingerprint density at radius 2 is 1.75 bits per heavy atom. The van der Waals surface area contributed by atoms with E-state index in [1.807, 2.05) is 25.1 Å². The van der Waals surface area contributed by atoms with Crippen LogP contribution in [0.15, 0.2) is 67.1 Å². The SMILES string of the molecule is CCOc1ccccc1NC(=O)c1cncc(C(=O)NCc2ccccn2)c1. The van der Waals surface area contributed by atoms with Crippen LogP contribution >= 0.6 is 0 Å². The molecule has 0 saturated carbocycles. The normalized spacial score (nSPS) is 10.2. The van der Waals surface area contributed by atoms with Crippen LogP contribution in [0.1, 0.15) is 33.3 Å². The molecule has 7 heteroatoms. The number of benzene rings is 1. The second-order valence-corrected chi connectivity index (χ2v) is 5.85. The maximum absolute atomic E-state index is 12.6. The molecule has 2 heterocycles. The van der Waals surface area contributed by atoms with Gasteiger partial charge >= 0.3 is 0 Å². The Hall–Kier alpha value is -3.74. The molecule has 2 N–H and O–H groups in total. The highest BCUT2D eigenvalue weighted by Crippen LogP contribution is 2.24. The van der Waals surface area contributed by atoms with Gasteiger partial charge in [0.05, 0.1) is 35.7 Å². The number of aromatic nitrogens is 2. The van der Waals surface area contributed by atoms with Crippen LogP contribution in [-0.2, 0) is 6.54 Å². The minimum absolute atomic E-state index is 0.275. The van der Waals surface area contributed by atoms with Crippen molar-refractivity contribution in [3.05, 3.63) is 83.9 Å². The van der Waals surface area contributed by atoms with Crippen LogP contribution in [0.3, 0.4) is 0 Å². The van der Waals surface area contributed by atoms with E-state index >= 15 is 0 Å². The van der Waals surface area contributed by atoms with E-state index in [0.29, 0.717) is 23.6 Å². The van der Waals surface area contributed by atoms with Gasteiger partial charge in [-0.15, -0.1) is 0 Å². The quantitative estimate of drug-likeness (QED) is 0.661. The Morgan fingerprint density at radius 3 is 2.50 bits per heavy atom. The summed E-state index contributed by atoms with van der Waals surface area (Å²) in [6, 6.07) is 14.1. The van der Waals surface area contributed by atoms with Crippen LogP contribution < -0.4 is 15.4 Å². The number of para-hydroxylation sites is 2. The van der Waals surface area contributed by atoms with E-state index in [2.05, 4.69) is 20.6 Å². The fourth-order valence-electron chi connectivity index (χ4n) is 2.51. The first kappa shape index (κ1) is 19.0. The molecule has 142 valence electrons. The van der Waals surface area contributed by atoms with Gasteiger partial charge in [0.1, 0.15) is 5.75 Å². The Balaban J connectivity index is 1.68. The summed E-state index contributed by atoms with van der Waals surface area (Å²) >= 11 is 0. The molecule has 0 radical (unpaired) electrons. The van der Waals surface area contributed by atoms with Crippen molar-refractivity contribution in [2.45, 2.75) is 13.5 Å². The van der Waals surface area contributed by atoms with Crippen molar-refractivity contribution in [3.63, 3.8) is 0 Å². The molecule has 2 aromatic heterocycles. The summed E-state index contributed by atoms with van der Waals surface area (Å²) in [5.41, 5.74) is 1.86. The molecule has 3 rings (SSSR count). The summed E-state index contributed by atoms with van der Waals surface area (Å²) in [6.45, 7) is 2.65. The zero-order chi connectivity index (χ0) is 19.8. The Kier molecular flexibility index (Phi) is 6.30. The van der Waals surface area contributed by atoms with Crippen molar-refractivity contribution >= 4 is 17.5 Å². The molecule has 0 aliphatic carbocycles. The lowest BCUT2D eigenvalue weighted by molar-refractivity contribution is 0.0950. The smallest absolute Gasteiger partial charge is 0.257 e. The van der Waals surface area contributed by atoms with Crippen molar-refractivity contribution in [2.75, 3.05) is 11.9 Å². The van der Waals surface area contributed by atoms with E-state index in [9.17, 15) is 9.59 Å². The van der Waals surface area contributed by atoms with Crippen LogP contribution in [0.25, 0.3) is 0 Å². The molecule has 28 heavy (non-hydrogen) atoms. The predicted molar refractivity (Wildman–Crippen MR) is 105 cm³/mol. The first-order valence-electron chi connectivity index (χ1n) is 8.83. The van der Waals surface area contributed by atoms with E-state index in [0.717, 1.165) is 5.69 Å². The molecular formula is C21H20N4O3. The van der Waals surface area contributed by atoms with Gasteiger partial charge in [-0.2, -0.15) is 0 Å². The molecule has 0 fully saturated rings.